The lowest BCUT2D eigenvalue weighted by molar-refractivity contribution is -0.151. The highest BCUT2D eigenvalue weighted by molar-refractivity contribution is 5.81. The lowest BCUT2D eigenvalue weighted by Crippen LogP contribution is -2.43. The zero-order valence-electron chi connectivity index (χ0n) is 11.2. The number of esters is 1. The van der Waals surface area contributed by atoms with E-state index < -0.39 is 11.5 Å². The molecule has 1 atom stereocenters. The molecule has 1 aromatic carbocycles. The summed E-state index contributed by atoms with van der Waals surface area (Å²) in [6.45, 7) is 6.11. The molecule has 0 saturated carbocycles. The Morgan fingerprint density at radius 3 is 2.44 bits per heavy atom. The molecule has 1 aromatic rings. The van der Waals surface area contributed by atoms with E-state index in [1.165, 1.54) is 0 Å². The van der Waals surface area contributed by atoms with Gasteiger partial charge in [-0.15, -0.1) is 0 Å². The molecule has 0 aliphatic heterocycles. The highest BCUT2D eigenvalue weighted by Gasteiger charge is 2.31. The normalized spacial score (nSPS) is 14.3. The monoisotopic (exact) mass is 251 g/mol. The molecule has 0 bridgehead atoms. The second-order valence-electron chi connectivity index (χ2n) is 4.62. The fourth-order valence-electron chi connectivity index (χ4n) is 1.47. The van der Waals surface area contributed by atoms with Crippen LogP contribution in [0.25, 0.3) is 0 Å². The number of carbonyl (C=O) groups excluding carboxylic acids is 1. The van der Waals surface area contributed by atoms with E-state index in [4.69, 9.17) is 15.2 Å². The van der Waals surface area contributed by atoms with Crippen LogP contribution in [0.15, 0.2) is 30.3 Å². The molecule has 2 N–H and O–H groups in total. The van der Waals surface area contributed by atoms with Crippen LogP contribution in [0.2, 0.25) is 0 Å². The Hall–Kier alpha value is -1.39. The van der Waals surface area contributed by atoms with E-state index in [2.05, 4.69) is 0 Å². The molecule has 0 spiro atoms. The third-order valence-corrected chi connectivity index (χ3v) is 2.57. The predicted octanol–water partition coefficient (Wildman–Crippen LogP) is 1.83. The van der Waals surface area contributed by atoms with Crippen molar-refractivity contribution in [3.05, 3.63) is 35.9 Å². The van der Waals surface area contributed by atoms with Crippen LogP contribution in [0.5, 0.6) is 0 Å². The quantitative estimate of drug-likeness (QED) is 0.619. The zero-order valence-corrected chi connectivity index (χ0v) is 11.2. The van der Waals surface area contributed by atoms with Crippen LogP contribution < -0.4 is 5.73 Å². The summed E-state index contributed by atoms with van der Waals surface area (Å²) in [4.78, 5) is 11.9. The van der Waals surface area contributed by atoms with Crippen molar-refractivity contribution in [1.82, 2.24) is 0 Å². The standard InChI is InChI=1S/C14H21NO3/c1-11(2)17-9-10-18-13(16)14(3,15)12-7-5-4-6-8-12/h4-8,11H,9-10,15H2,1-3H3. The highest BCUT2D eigenvalue weighted by Crippen LogP contribution is 2.18. The summed E-state index contributed by atoms with van der Waals surface area (Å²) >= 11 is 0. The Balaban J connectivity index is 2.50. The molecule has 0 radical (unpaired) electrons. The fraction of sp³-hybridized carbons (Fsp3) is 0.500. The Morgan fingerprint density at radius 2 is 1.89 bits per heavy atom. The summed E-state index contributed by atoms with van der Waals surface area (Å²) < 4.78 is 10.4. The Kier molecular flexibility index (Phi) is 5.31. The third-order valence-electron chi connectivity index (χ3n) is 2.57. The first-order chi connectivity index (χ1) is 8.44. The number of carbonyl (C=O) groups is 1. The van der Waals surface area contributed by atoms with Crippen molar-refractivity contribution in [2.75, 3.05) is 13.2 Å². The average Bonchev–Trinajstić information content (AvgIpc) is 2.35. The molecular formula is C14H21NO3. The first-order valence-electron chi connectivity index (χ1n) is 6.08. The van der Waals surface area contributed by atoms with Crippen molar-refractivity contribution in [3.8, 4) is 0 Å². The molecule has 0 saturated heterocycles. The summed E-state index contributed by atoms with van der Waals surface area (Å²) in [6, 6.07) is 9.18. The van der Waals surface area contributed by atoms with Crippen LogP contribution in [-0.2, 0) is 19.8 Å². The predicted molar refractivity (Wildman–Crippen MR) is 70.0 cm³/mol. The molecule has 100 valence electrons. The fourth-order valence-corrected chi connectivity index (χ4v) is 1.47. The summed E-state index contributed by atoms with van der Waals surface area (Å²) in [5, 5.41) is 0. The van der Waals surface area contributed by atoms with Crippen LogP contribution in [0.4, 0.5) is 0 Å². The number of hydrogen-bond acceptors (Lipinski definition) is 4. The van der Waals surface area contributed by atoms with Crippen molar-refractivity contribution in [1.29, 1.82) is 0 Å². The minimum atomic E-state index is -1.13. The molecular weight excluding hydrogens is 230 g/mol. The topological polar surface area (TPSA) is 61.5 Å². The lowest BCUT2D eigenvalue weighted by Gasteiger charge is -2.23. The second kappa shape index (κ2) is 6.52. The number of benzene rings is 1. The van der Waals surface area contributed by atoms with Gasteiger partial charge in [0.25, 0.3) is 0 Å². The molecule has 4 heteroatoms. The second-order valence-corrected chi connectivity index (χ2v) is 4.62. The van der Waals surface area contributed by atoms with Gasteiger partial charge in [0.05, 0.1) is 12.7 Å². The number of nitrogens with two attached hydrogens (primary N) is 1. The van der Waals surface area contributed by atoms with Crippen molar-refractivity contribution in [2.24, 2.45) is 5.73 Å². The van der Waals surface area contributed by atoms with Gasteiger partial charge in [-0.2, -0.15) is 0 Å². The minimum absolute atomic E-state index is 0.127. The van der Waals surface area contributed by atoms with Crippen LogP contribution in [0, 0.1) is 0 Å². The van der Waals surface area contributed by atoms with Gasteiger partial charge in [-0.3, -0.25) is 0 Å². The zero-order chi connectivity index (χ0) is 13.6. The van der Waals surface area contributed by atoms with Gasteiger partial charge < -0.3 is 15.2 Å². The first kappa shape index (κ1) is 14.7. The molecule has 1 unspecified atom stereocenters. The van der Waals surface area contributed by atoms with Gasteiger partial charge in [-0.25, -0.2) is 4.79 Å². The summed E-state index contributed by atoms with van der Waals surface area (Å²) in [6.07, 6.45) is 0.127. The van der Waals surface area contributed by atoms with E-state index in [1.54, 1.807) is 6.92 Å². The van der Waals surface area contributed by atoms with E-state index in [1.807, 2.05) is 44.2 Å². The van der Waals surface area contributed by atoms with Crippen molar-refractivity contribution < 1.29 is 14.3 Å². The molecule has 4 nitrogen and oxygen atoms in total. The van der Waals surface area contributed by atoms with Crippen molar-refractivity contribution >= 4 is 5.97 Å². The summed E-state index contributed by atoms with van der Waals surface area (Å²) in [7, 11) is 0. The maximum absolute atomic E-state index is 11.9. The highest BCUT2D eigenvalue weighted by atomic mass is 16.6. The van der Waals surface area contributed by atoms with E-state index in [9.17, 15) is 4.79 Å². The van der Waals surface area contributed by atoms with Gasteiger partial charge in [0.15, 0.2) is 0 Å². The number of hydrogen-bond donors (Lipinski definition) is 1. The van der Waals surface area contributed by atoms with Crippen molar-refractivity contribution in [3.63, 3.8) is 0 Å². The molecule has 0 heterocycles. The van der Waals surface area contributed by atoms with Crippen LogP contribution in [-0.4, -0.2) is 25.3 Å². The SMILES string of the molecule is CC(C)OCCOC(=O)C(C)(N)c1ccccc1. The molecule has 1 rings (SSSR count). The van der Waals surface area contributed by atoms with Crippen molar-refractivity contribution in [2.45, 2.75) is 32.4 Å². The van der Waals surface area contributed by atoms with Gasteiger partial charge in [0.2, 0.25) is 0 Å². The van der Waals surface area contributed by atoms with Gasteiger partial charge in [0.1, 0.15) is 12.1 Å². The Bertz CT molecular complexity index is 374. The molecule has 0 aliphatic rings. The summed E-state index contributed by atoms with van der Waals surface area (Å²) in [5.74, 6) is -0.443. The van der Waals surface area contributed by atoms with Gasteiger partial charge >= 0.3 is 5.97 Å². The Morgan fingerprint density at radius 1 is 1.28 bits per heavy atom. The maximum atomic E-state index is 11.9. The average molecular weight is 251 g/mol. The molecule has 0 aliphatic carbocycles. The summed E-state index contributed by atoms with van der Waals surface area (Å²) in [5.41, 5.74) is 5.62. The van der Waals surface area contributed by atoms with Crippen LogP contribution >= 0.6 is 0 Å². The van der Waals surface area contributed by atoms with E-state index in [-0.39, 0.29) is 12.7 Å². The van der Waals surface area contributed by atoms with Crippen LogP contribution in [0.3, 0.4) is 0 Å². The van der Waals surface area contributed by atoms with E-state index in [0.717, 1.165) is 5.56 Å². The maximum Gasteiger partial charge on any atom is 0.330 e. The third kappa shape index (κ3) is 4.13. The smallest absolute Gasteiger partial charge is 0.330 e. The van der Waals surface area contributed by atoms with E-state index in [0.29, 0.717) is 6.61 Å². The number of rotatable bonds is 6. The molecule has 18 heavy (non-hydrogen) atoms. The first-order valence-corrected chi connectivity index (χ1v) is 6.08. The van der Waals surface area contributed by atoms with Gasteiger partial charge in [0, 0.05) is 0 Å². The van der Waals surface area contributed by atoms with Gasteiger partial charge in [-0.1, -0.05) is 30.3 Å². The largest absolute Gasteiger partial charge is 0.462 e. The van der Waals surface area contributed by atoms with E-state index >= 15 is 0 Å². The number of ether oxygens (including phenoxy) is 2. The van der Waals surface area contributed by atoms with Crippen LogP contribution in [0.1, 0.15) is 26.3 Å². The molecule has 0 fully saturated rings. The molecule has 0 aromatic heterocycles. The minimum Gasteiger partial charge on any atom is -0.462 e. The Labute approximate surface area is 108 Å². The lowest BCUT2D eigenvalue weighted by atomic mass is 9.93. The molecule has 0 amide bonds. The van der Waals surface area contributed by atoms with Gasteiger partial charge in [-0.05, 0) is 26.3 Å².